The van der Waals surface area contributed by atoms with E-state index >= 15 is 0 Å². The van der Waals surface area contributed by atoms with Crippen LogP contribution in [-0.4, -0.2) is 16.0 Å². The van der Waals surface area contributed by atoms with Gasteiger partial charge in [-0.3, -0.25) is 10.1 Å². The molecule has 0 saturated heterocycles. The zero-order valence-corrected chi connectivity index (χ0v) is 12.1. The fourth-order valence-corrected chi connectivity index (χ4v) is 2.15. The number of hydrogen-bond acceptors (Lipinski definition) is 5. The number of nitro groups is 1. The lowest BCUT2D eigenvalue weighted by molar-refractivity contribution is -0.385. The van der Waals surface area contributed by atoms with Gasteiger partial charge in [0.15, 0.2) is 5.84 Å². The van der Waals surface area contributed by atoms with Gasteiger partial charge in [-0.1, -0.05) is 23.4 Å². The predicted molar refractivity (Wildman–Crippen MR) is 79.8 cm³/mol. The Kier molecular flexibility index (Phi) is 4.39. The van der Waals surface area contributed by atoms with Gasteiger partial charge < -0.3 is 15.7 Å². The number of ether oxygens (including phenoxy) is 1. The smallest absolute Gasteiger partial charge is 0.287 e. The maximum Gasteiger partial charge on any atom is 0.287 e. The van der Waals surface area contributed by atoms with Crippen LogP contribution >= 0.6 is 15.9 Å². The summed E-state index contributed by atoms with van der Waals surface area (Å²) in [5, 5.41) is 22.6. The molecule has 0 bridgehead atoms. The first kappa shape index (κ1) is 14.8. The van der Waals surface area contributed by atoms with Crippen LogP contribution in [0.15, 0.2) is 52.1 Å². The molecule has 2 rings (SSSR count). The second-order valence-corrected chi connectivity index (χ2v) is 4.72. The van der Waals surface area contributed by atoms with E-state index in [4.69, 9.17) is 15.7 Å². The molecular formula is C13H10BrN3O4. The van der Waals surface area contributed by atoms with Crippen LogP contribution in [0.3, 0.4) is 0 Å². The standard InChI is InChI=1S/C13H10BrN3O4/c14-12-9(17(19)20)5-3-7-11(12)21-10-6-2-1-4-8(10)13(15)16-18/h1-7,18H,(H2,15,16). The highest BCUT2D eigenvalue weighted by Gasteiger charge is 2.17. The third-order valence-electron chi connectivity index (χ3n) is 2.63. The minimum atomic E-state index is -0.521. The maximum absolute atomic E-state index is 10.9. The Balaban J connectivity index is 2.44. The first-order chi connectivity index (χ1) is 10.0. The summed E-state index contributed by atoms with van der Waals surface area (Å²) in [5.41, 5.74) is 5.82. The molecule has 0 unspecified atom stereocenters. The zero-order chi connectivity index (χ0) is 15.4. The van der Waals surface area contributed by atoms with Crippen LogP contribution in [0.1, 0.15) is 5.56 Å². The lowest BCUT2D eigenvalue weighted by atomic mass is 10.2. The van der Waals surface area contributed by atoms with E-state index in [2.05, 4.69) is 21.1 Å². The van der Waals surface area contributed by atoms with E-state index in [1.54, 1.807) is 30.3 Å². The molecule has 0 heterocycles. The summed E-state index contributed by atoms with van der Waals surface area (Å²) in [6.45, 7) is 0. The van der Waals surface area contributed by atoms with Crippen molar-refractivity contribution in [1.82, 2.24) is 0 Å². The SMILES string of the molecule is N/C(=N/O)c1ccccc1Oc1cccc([N+](=O)[O-])c1Br. The van der Waals surface area contributed by atoms with Crippen LogP contribution in [0.5, 0.6) is 11.5 Å². The summed E-state index contributed by atoms with van der Waals surface area (Å²) in [6, 6.07) is 11.0. The Bertz CT molecular complexity index is 718. The molecule has 0 amide bonds. The second kappa shape index (κ2) is 6.23. The molecule has 7 nitrogen and oxygen atoms in total. The number of para-hydroxylation sites is 1. The summed E-state index contributed by atoms with van der Waals surface area (Å²) in [4.78, 5) is 10.4. The number of oxime groups is 1. The van der Waals surface area contributed by atoms with Gasteiger partial charge in [-0.15, -0.1) is 0 Å². The molecule has 21 heavy (non-hydrogen) atoms. The summed E-state index contributed by atoms with van der Waals surface area (Å²) >= 11 is 3.14. The van der Waals surface area contributed by atoms with Crippen LogP contribution in [0.4, 0.5) is 5.69 Å². The number of hydrogen-bond donors (Lipinski definition) is 2. The maximum atomic E-state index is 10.9. The molecule has 0 aliphatic heterocycles. The number of nitrogens with zero attached hydrogens (tertiary/aromatic N) is 2. The van der Waals surface area contributed by atoms with E-state index in [1.807, 2.05) is 0 Å². The highest BCUT2D eigenvalue weighted by atomic mass is 79.9. The molecule has 0 radical (unpaired) electrons. The molecule has 2 aromatic carbocycles. The van der Waals surface area contributed by atoms with Crippen LogP contribution in [-0.2, 0) is 0 Å². The van der Waals surface area contributed by atoms with Crippen LogP contribution in [0.25, 0.3) is 0 Å². The Morgan fingerprint density at radius 1 is 1.24 bits per heavy atom. The third-order valence-corrected chi connectivity index (χ3v) is 3.43. The molecule has 0 aliphatic carbocycles. The van der Waals surface area contributed by atoms with E-state index in [0.717, 1.165) is 0 Å². The van der Waals surface area contributed by atoms with Crippen LogP contribution < -0.4 is 10.5 Å². The molecule has 2 aromatic rings. The summed E-state index contributed by atoms with van der Waals surface area (Å²) in [7, 11) is 0. The number of amidine groups is 1. The van der Waals surface area contributed by atoms with Crippen molar-refractivity contribution in [1.29, 1.82) is 0 Å². The zero-order valence-electron chi connectivity index (χ0n) is 10.6. The Morgan fingerprint density at radius 2 is 1.90 bits per heavy atom. The van der Waals surface area contributed by atoms with Gasteiger partial charge in [-0.25, -0.2) is 0 Å². The minimum Gasteiger partial charge on any atom is -0.455 e. The van der Waals surface area contributed by atoms with Gasteiger partial charge in [0, 0.05) is 6.07 Å². The van der Waals surface area contributed by atoms with Crippen molar-refractivity contribution in [2.24, 2.45) is 10.9 Å². The van der Waals surface area contributed by atoms with E-state index < -0.39 is 4.92 Å². The van der Waals surface area contributed by atoms with Gasteiger partial charge in [-0.05, 0) is 34.1 Å². The first-order valence-electron chi connectivity index (χ1n) is 5.72. The normalized spacial score (nSPS) is 11.2. The molecule has 0 saturated carbocycles. The van der Waals surface area contributed by atoms with Crippen molar-refractivity contribution in [2.75, 3.05) is 0 Å². The molecule has 0 fully saturated rings. The molecule has 0 atom stereocenters. The van der Waals surface area contributed by atoms with Gasteiger partial charge in [0.05, 0.1) is 10.5 Å². The molecular weight excluding hydrogens is 342 g/mol. The predicted octanol–water partition coefficient (Wildman–Crippen LogP) is 3.24. The van der Waals surface area contributed by atoms with E-state index in [1.165, 1.54) is 12.1 Å². The first-order valence-corrected chi connectivity index (χ1v) is 6.51. The van der Waals surface area contributed by atoms with E-state index in [0.29, 0.717) is 11.3 Å². The Labute approximate surface area is 127 Å². The van der Waals surface area contributed by atoms with Crippen molar-refractivity contribution in [2.45, 2.75) is 0 Å². The average molecular weight is 352 g/mol. The van der Waals surface area contributed by atoms with E-state index in [-0.39, 0.29) is 21.7 Å². The fourth-order valence-electron chi connectivity index (χ4n) is 1.66. The molecule has 0 aromatic heterocycles. The van der Waals surface area contributed by atoms with Crippen molar-refractivity contribution in [3.8, 4) is 11.5 Å². The van der Waals surface area contributed by atoms with Crippen molar-refractivity contribution < 1.29 is 14.9 Å². The van der Waals surface area contributed by atoms with Gasteiger partial charge in [0.2, 0.25) is 0 Å². The topological polar surface area (TPSA) is 111 Å². The van der Waals surface area contributed by atoms with Gasteiger partial charge in [-0.2, -0.15) is 0 Å². The van der Waals surface area contributed by atoms with Gasteiger partial charge >= 0.3 is 0 Å². The number of nitrogens with two attached hydrogens (primary N) is 1. The molecule has 0 aliphatic rings. The van der Waals surface area contributed by atoms with Crippen molar-refractivity contribution in [3.05, 3.63) is 62.6 Å². The summed E-state index contributed by atoms with van der Waals surface area (Å²) in [5.74, 6) is 0.448. The summed E-state index contributed by atoms with van der Waals surface area (Å²) < 4.78 is 5.84. The minimum absolute atomic E-state index is 0.117. The lowest BCUT2D eigenvalue weighted by Crippen LogP contribution is -2.14. The average Bonchev–Trinajstić information content (AvgIpc) is 2.49. The number of benzene rings is 2. The largest absolute Gasteiger partial charge is 0.455 e. The van der Waals surface area contributed by atoms with E-state index in [9.17, 15) is 10.1 Å². The monoisotopic (exact) mass is 351 g/mol. The van der Waals surface area contributed by atoms with Crippen molar-refractivity contribution >= 4 is 27.5 Å². The van der Waals surface area contributed by atoms with Gasteiger partial charge in [0.1, 0.15) is 16.0 Å². The molecule has 0 spiro atoms. The lowest BCUT2D eigenvalue weighted by Gasteiger charge is -2.11. The second-order valence-electron chi connectivity index (χ2n) is 3.93. The highest BCUT2D eigenvalue weighted by Crippen LogP contribution is 2.37. The van der Waals surface area contributed by atoms with Gasteiger partial charge in [0.25, 0.3) is 5.69 Å². The number of nitro benzene ring substituents is 1. The Morgan fingerprint density at radius 3 is 2.57 bits per heavy atom. The van der Waals surface area contributed by atoms with Crippen LogP contribution in [0.2, 0.25) is 0 Å². The quantitative estimate of drug-likeness (QED) is 0.288. The molecule has 3 N–H and O–H groups in total. The number of rotatable bonds is 4. The fraction of sp³-hybridized carbons (Fsp3) is 0. The third kappa shape index (κ3) is 3.11. The van der Waals surface area contributed by atoms with Crippen LogP contribution in [0, 0.1) is 10.1 Å². The van der Waals surface area contributed by atoms with Crippen molar-refractivity contribution in [3.63, 3.8) is 0 Å². The molecule has 108 valence electrons. The summed E-state index contributed by atoms with van der Waals surface area (Å²) in [6.07, 6.45) is 0. The molecule has 8 heteroatoms. The Hall–Kier alpha value is -2.61. The highest BCUT2D eigenvalue weighted by molar-refractivity contribution is 9.10. The number of halogens is 1.